The first-order valence-corrected chi connectivity index (χ1v) is 8.60. The first kappa shape index (κ1) is 14.8. The van der Waals surface area contributed by atoms with E-state index in [0.29, 0.717) is 6.04 Å². The molecule has 0 amide bonds. The van der Waals surface area contributed by atoms with Crippen LogP contribution >= 0.6 is 15.9 Å². The Bertz CT molecular complexity index is 369. The van der Waals surface area contributed by atoms with E-state index in [9.17, 15) is 0 Å². The van der Waals surface area contributed by atoms with E-state index >= 15 is 0 Å². The van der Waals surface area contributed by atoms with Crippen LogP contribution in [-0.2, 0) is 5.33 Å². The molecule has 0 atom stereocenters. The van der Waals surface area contributed by atoms with E-state index in [0.717, 1.165) is 23.6 Å². The van der Waals surface area contributed by atoms with Gasteiger partial charge in [0, 0.05) is 24.1 Å². The Morgan fingerprint density at radius 1 is 1.32 bits per heavy atom. The summed E-state index contributed by atoms with van der Waals surface area (Å²) in [5.74, 6) is 1.92. The molecule has 0 N–H and O–H groups in total. The molecular weight excluding hydrogens is 300 g/mol. The zero-order valence-electron chi connectivity index (χ0n) is 12.1. The molecule has 106 valence electrons. The SMILES string of the molecule is CC(C)CCN(c1ccc(CBr)cn1)C1CCCC1. The summed E-state index contributed by atoms with van der Waals surface area (Å²) in [6, 6.07) is 5.09. The van der Waals surface area contributed by atoms with Gasteiger partial charge in [-0.15, -0.1) is 0 Å². The standard InChI is InChI=1S/C16H25BrN2/c1-13(2)9-10-19(15-5-3-4-6-15)16-8-7-14(11-17)12-18-16/h7-8,12-13,15H,3-6,9-11H2,1-2H3. The Kier molecular flexibility index (Phi) is 5.68. The Morgan fingerprint density at radius 3 is 2.58 bits per heavy atom. The molecule has 1 aliphatic rings. The van der Waals surface area contributed by atoms with Gasteiger partial charge in [-0.05, 0) is 36.8 Å². The largest absolute Gasteiger partial charge is 0.354 e. The van der Waals surface area contributed by atoms with Crippen LogP contribution in [0.25, 0.3) is 0 Å². The summed E-state index contributed by atoms with van der Waals surface area (Å²) in [6.07, 6.45) is 8.67. The van der Waals surface area contributed by atoms with Crippen LogP contribution in [0.2, 0.25) is 0 Å². The summed E-state index contributed by atoms with van der Waals surface area (Å²) >= 11 is 3.48. The van der Waals surface area contributed by atoms with Crippen LogP contribution < -0.4 is 4.90 Å². The average Bonchev–Trinajstić information content (AvgIpc) is 2.93. The minimum atomic E-state index is 0.709. The molecule has 1 saturated carbocycles. The van der Waals surface area contributed by atoms with Crippen LogP contribution in [0.4, 0.5) is 5.82 Å². The normalized spacial score (nSPS) is 16.2. The van der Waals surface area contributed by atoms with Gasteiger partial charge in [0.05, 0.1) is 0 Å². The maximum Gasteiger partial charge on any atom is 0.128 e. The minimum Gasteiger partial charge on any atom is -0.354 e. The van der Waals surface area contributed by atoms with Crippen molar-refractivity contribution in [2.75, 3.05) is 11.4 Å². The number of aromatic nitrogens is 1. The van der Waals surface area contributed by atoms with Crippen LogP contribution in [0, 0.1) is 5.92 Å². The summed E-state index contributed by atoms with van der Waals surface area (Å²) in [5.41, 5.74) is 1.25. The number of anilines is 1. The van der Waals surface area contributed by atoms with Crippen molar-refractivity contribution in [3.63, 3.8) is 0 Å². The molecule has 0 saturated heterocycles. The second kappa shape index (κ2) is 7.28. The lowest BCUT2D eigenvalue weighted by Gasteiger charge is -2.31. The Hall–Kier alpha value is -0.570. The monoisotopic (exact) mass is 324 g/mol. The number of pyridine rings is 1. The van der Waals surface area contributed by atoms with E-state index in [4.69, 9.17) is 0 Å². The second-order valence-electron chi connectivity index (χ2n) is 5.97. The van der Waals surface area contributed by atoms with Gasteiger partial charge in [0.2, 0.25) is 0 Å². The quantitative estimate of drug-likeness (QED) is 0.700. The highest BCUT2D eigenvalue weighted by atomic mass is 79.9. The number of hydrogen-bond acceptors (Lipinski definition) is 2. The van der Waals surface area contributed by atoms with Crippen molar-refractivity contribution in [1.82, 2.24) is 4.98 Å². The molecule has 0 aliphatic heterocycles. The molecule has 0 unspecified atom stereocenters. The lowest BCUT2D eigenvalue weighted by atomic mass is 10.1. The molecule has 0 radical (unpaired) electrons. The van der Waals surface area contributed by atoms with E-state index in [1.165, 1.54) is 37.7 Å². The van der Waals surface area contributed by atoms with Gasteiger partial charge < -0.3 is 4.90 Å². The fraction of sp³-hybridized carbons (Fsp3) is 0.688. The summed E-state index contributed by atoms with van der Waals surface area (Å²) < 4.78 is 0. The fourth-order valence-electron chi connectivity index (χ4n) is 2.76. The van der Waals surface area contributed by atoms with Crippen LogP contribution in [0.3, 0.4) is 0 Å². The number of rotatable bonds is 6. The van der Waals surface area contributed by atoms with E-state index in [-0.39, 0.29) is 0 Å². The highest BCUT2D eigenvalue weighted by Gasteiger charge is 2.23. The van der Waals surface area contributed by atoms with Crippen molar-refractivity contribution >= 4 is 21.7 Å². The fourth-order valence-corrected chi connectivity index (χ4v) is 3.09. The molecule has 0 bridgehead atoms. The van der Waals surface area contributed by atoms with E-state index < -0.39 is 0 Å². The Morgan fingerprint density at radius 2 is 2.05 bits per heavy atom. The van der Waals surface area contributed by atoms with Crippen LogP contribution in [0.1, 0.15) is 51.5 Å². The lowest BCUT2D eigenvalue weighted by Crippen LogP contribution is -2.35. The lowest BCUT2D eigenvalue weighted by molar-refractivity contribution is 0.525. The maximum atomic E-state index is 4.67. The van der Waals surface area contributed by atoms with Gasteiger partial charge in [0.1, 0.15) is 5.82 Å². The summed E-state index contributed by atoms with van der Waals surface area (Å²) in [7, 11) is 0. The highest BCUT2D eigenvalue weighted by molar-refractivity contribution is 9.08. The molecule has 19 heavy (non-hydrogen) atoms. The molecule has 1 fully saturated rings. The van der Waals surface area contributed by atoms with Gasteiger partial charge in [0.25, 0.3) is 0 Å². The van der Waals surface area contributed by atoms with Crippen molar-refractivity contribution < 1.29 is 0 Å². The third-order valence-corrected chi connectivity index (χ3v) is 4.62. The van der Waals surface area contributed by atoms with Gasteiger partial charge in [-0.2, -0.15) is 0 Å². The number of hydrogen-bond donors (Lipinski definition) is 0. The minimum absolute atomic E-state index is 0.709. The molecule has 1 aromatic rings. The predicted molar refractivity (Wildman–Crippen MR) is 85.9 cm³/mol. The first-order chi connectivity index (χ1) is 9.20. The molecule has 1 aromatic heterocycles. The molecule has 2 nitrogen and oxygen atoms in total. The topological polar surface area (TPSA) is 16.1 Å². The first-order valence-electron chi connectivity index (χ1n) is 7.48. The number of nitrogens with zero attached hydrogens (tertiary/aromatic N) is 2. The van der Waals surface area contributed by atoms with E-state index in [1.807, 2.05) is 6.20 Å². The number of halogens is 1. The second-order valence-corrected chi connectivity index (χ2v) is 6.53. The van der Waals surface area contributed by atoms with Crippen molar-refractivity contribution in [2.24, 2.45) is 5.92 Å². The van der Waals surface area contributed by atoms with Crippen molar-refractivity contribution in [3.05, 3.63) is 23.9 Å². The van der Waals surface area contributed by atoms with Crippen LogP contribution in [0.5, 0.6) is 0 Å². The third kappa shape index (κ3) is 4.20. The van der Waals surface area contributed by atoms with E-state index in [2.05, 4.69) is 51.8 Å². The van der Waals surface area contributed by atoms with Gasteiger partial charge in [-0.25, -0.2) is 4.98 Å². The molecule has 0 aromatic carbocycles. The predicted octanol–water partition coefficient (Wildman–Crippen LogP) is 4.77. The smallest absolute Gasteiger partial charge is 0.128 e. The molecule has 2 rings (SSSR count). The highest BCUT2D eigenvalue weighted by Crippen LogP contribution is 2.28. The van der Waals surface area contributed by atoms with Gasteiger partial charge in [0.15, 0.2) is 0 Å². The van der Waals surface area contributed by atoms with E-state index in [1.54, 1.807) is 0 Å². The zero-order valence-corrected chi connectivity index (χ0v) is 13.7. The molecule has 3 heteroatoms. The molecule has 1 heterocycles. The van der Waals surface area contributed by atoms with Gasteiger partial charge in [-0.1, -0.05) is 48.7 Å². The van der Waals surface area contributed by atoms with Gasteiger partial charge in [-0.3, -0.25) is 0 Å². The van der Waals surface area contributed by atoms with Gasteiger partial charge >= 0.3 is 0 Å². The Labute approximate surface area is 125 Å². The van der Waals surface area contributed by atoms with Crippen molar-refractivity contribution in [2.45, 2.75) is 57.3 Å². The zero-order chi connectivity index (χ0) is 13.7. The van der Waals surface area contributed by atoms with Crippen LogP contribution in [-0.4, -0.2) is 17.6 Å². The average molecular weight is 325 g/mol. The summed E-state index contributed by atoms with van der Waals surface area (Å²) in [4.78, 5) is 7.21. The maximum absolute atomic E-state index is 4.67. The summed E-state index contributed by atoms with van der Waals surface area (Å²) in [5, 5.41) is 0.885. The summed E-state index contributed by atoms with van der Waals surface area (Å²) in [6.45, 7) is 5.74. The molecule has 1 aliphatic carbocycles. The van der Waals surface area contributed by atoms with Crippen molar-refractivity contribution in [1.29, 1.82) is 0 Å². The third-order valence-electron chi connectivity index (χ3n) is 3.97. The Balaban J connectivity index is 2.09. The molecular formula is C16H25BrN2. The van der Waals surface area contributed by atoms with Crippen molar-refractivity contribution in [3.8, 4) is 0 Å². The van der Waals surface area contributed by atoms with Crippen LogP contribution in [0.15, 0.2) is 18.3 Å². The number of alkyl halides is 1. The molecule has 0 spiro atoms.